The largest absolute Gasteiger partial charge is 0.497 e. The lowest BCUT2D eigenvalue weighted by atomic mass is 10.0. The molecule has 1 atom stereocenters. The van der Waals surface area contributed by atoms with Crippen molar-refractivity contribution in [2.75, 3.05) is 25.5 Å². The molecule has 1 aromatic rings. The van der Waals surface area contributed by atoms with Crippen molar-refractivity contribution in [2.45, 2.75) is 18.9 Å². The molecule has 0 saturated carbocycles. The topological polar surface area (TPSA) is 62.4 Å². The summed E-state index contributed by atoms with van der Waals surface area (Å²) in [6.07, 6.45) is 0.943. The van der Waals surface area contributed by atoms with Gasteiger partial charge in [-0.05, 0) is 32.0 Å². The van der Waals surface area contributed by atoms with E-state index in [0.29, 0.717) is 0 Å². The Bertz CT molecular complexity index is 428. The Morgan fingerprint density at radius 3 is 3.00 bits per heavy atom. The van der Waals surface area contributed by atoms with E-state index in [9.17, 15) is 4.79 Å². The van der Waals surface area contributed by atoms with E-state index in [1.807, 2.05) is 25.1 Å². The zero-order valence-electron chi connectivity index (χ0n) is 10.7. The van der Waals surface area contributed by atoms with Crippen LogP contribution in [0.5, 0.6) is 5.75 Å². The van der Waals surface area contributed by atoms with Gasteiger partial charge in [0.15, 0.2) is 0 Å². The van der Waals surface area contributed by atoms with Crippen molar-refractivity contribution in [1.82, 2.24) is 10.6 Å². The van der Waals surface area contributed by atoms with Gasteiger partial charge < -0.3 is 20.7 Å². The predicted octanol–water partition coefficient (Wildman–Crippen LogP) is 1.57. The zero-order chi connectivity index (χ0) is 13.0. The normalized spacial score (nSPS) is 22.6. The van der Waals surface area contributed by atoms with Crippen molar-refractivity contribution in [3.63, 3.8) is 0 Å². The molecular formula is C13H19N3O2. The van der Waals surface area contributed by atoms with Gasteiger partial charge in [-0.1, -0.05) is 6.07 Å². The first-order valence-electron chi connectivity index (χ1n) is 6.05. The summed E-state index contributed by atoms with van der Waals surface area (Å²) in [7, 11) is 1.60. The van der Waals surface area contributed by atoms with E-state index in [1.165, 1.54) is 0 Å². The Balaban J connectivity index is 1.94. The maximum atomic E-state index is 11.9. The van der Waals surface area contributed by atoms with Gasteiger partial charge in [0.2, 0.25) is 0 Å². The minimum absolute atomic E-state index is 0.164. The van der Waals surface area contributed by atoms with Crippen LogP contribution in [-0.4, -0.2) is 31.8 Å². The van der Waals surface area contributed by atoms with Gasteiger partial charge in [-0.3, -0.25) is 0 Å². The lowest BCUT2D eigenvalue weighted by molar-refractivity contribution is 0.241. The number of hydrogen-bond donors (Lipinski definition) is 3. The van der Waals surface area contributed by atoms with Gasteiger partial charge in [-0.15, -0.1) is 0 Å². The lowest BCUT2D eigenvalue weighted by Gasteiger charge is -2.24. The second-order valence-electron chi connectivity index (χ2n) is 4.80. The van der Waals surface area contributed by atoms with Gasteiger partial charge in [-0.2, -0.15) is 0 Å². The van der Waals surface area contributed by atoms with E-state index < -0.39 is 0 Å². The Morgan fingerprint density at radius 2 is 2.33 bits per heavy atom. The first kappa shape index (κ1) is 12.7. The summed E-state index contributed by atoms with van der Waals surface area (Å²) >= 11 is 0. The molecule has 0 radical (unpaired) electrons. The summed E-state index contributed by atoms with van der Waals surface area (Å²) in [5.41, 5.74) is 0.560. The van der Waals surface area contributed by atoms with Crippen LogP contribution >= 0.6 is 0 Å². The number of hydrogen-bond acceptors (Lipinski definition) is 3. The number of rotatable bonds is 3. The highest BCUT2D eigenvalue weighted by molar-refractivity contribution is 5.90. The minimum Gasteiger partial charge on any atom is -0.497 e. The van der Waals surface area contributed by atoms with Crippen LogP contribution in [0.3, 0.4) is 0 Å². The molecule has 0 spiro atoms. The molecule has 98 valence electrons. The zero-order valence-corrected chi connectivity index (χ0v) is 10.7. The van der Waals surface area contributed by atoms with Crippen molar-refractivity contribution in [2.24, 2.45) is 0 Å². The number of benzene rings is 1. The quantitative estimate of drug-likeness (QED) is 0.762. The fraction of sp³-hybridized carbons (Fsp3) is 0.462. The molecule has 1 heterocycles. The summed E-state index contributed by atoms with van der Waals surface area (Å²) < 4.78 is 5.11. The molecule has 1 aliphatic heterocycles. The van der Waals surface area contributed by atoms with Crippen LogP contribution in [0.2, 0.25) is 0 Å². The standard InChI is InChI=1S/C13H19N3O2/c1-13(6-7-14-9-13)16-12(17)15-10-4-3-5-11(8-10)18-2/h3-5,8,14H,6-7,9H2,1-2H3,(H2,15,16,17). The van der Waals surface area contributed by atoms with Crippen molar-refractivity contribution in [3.8, 4) is 5.75 Å². The van der Waals surface area contributed by atoms with E-state index >= 15 is 0 Å². The Kier molecular flexibility index (Phi) is 3.72. The fourth-order valence-corrected chi connectivity index (χ4v) is 2.06. The van der Waals surface area contributed by atoms with Crippen molar-refractivity contribution in [1.29, 1.82) is 0 Å². The number of carbonyl (C=O) groups is 1. The first-order valence-corrected chi connectivity index (χ1v) is 6.05. The SMILES string of the molecule is COc1cccc(NC(=O)NC2(C)CCNC2)c1. The van der Waals surface area contributed by atoms with Crippen LogP contribution in [0.4, 0.5) is 10.5 Å². The third-order valence-corrected chi connectivity index (χ3v) is 3.11. The predicted molar refractivity (Wildman–Crippen MR) is 71.0 cm³/mol. The molecule has 1 fully saturated rings. The smallest absolute Gasteiger partial charge is 0.319 e. The molecule has 3 N–H and O–H groups in total. The molecule has 2 rings (SSSR count). The number of amides is 2. The molecule has 1 aromatic carbocycles. The van der Waals surface area contributed by atoms with Crippen LogP contribution in [0.1, 0.15) is 13.3 Å². The van der Waals surface area contributed by atoms with E-state index in [4.69, 9.17) is 4.74 Å². The number of ether oxygens (including phenoxy) is 1. The van der Waals surface area contributed by atoms with Crippen molar-refractivity contribution >= 4 is 11.7 Å². The van der Waals surface area contributed by atoms with Crippen LogP contribution < -0.4 is 20.7 Å². The summed E-state index contributed by atoms with van der Waals surface area (Å²) in [6.45, 7) is 3.78. The molecule has 0 bridgehead atoms. The van der Waals surface area contributed by atoms with Gasteiger partial charge in [0.05, 0.1) is 12.6 Å². The highest BCUT2D eigenvalue weighted by Crippen LogP contribution is 2.17. The van der Waals surface area contributed by atoms with Crippen LogP contribution in [0.25, 0.3) is 0 Å². The third kappa shape index (κ3) is 3.13. The molecule has 2 amide bonds. The summed E-state index contributed by atoms with van der Waals surface area (Å²) in [5.74, 6) is 0.724. The average Bonchev–Trinajstić information content (AvgIpc) is 2.75. The van der Waals surface area contributed by atoms with E-state index in [2.05, 4.69) is 16.0 Å². The summed E-state index contributed by atoms with van der Waals surface area (Å²) in [5, 5.41) is 9.04. The Labute approximate surface area is 107 Å². The lowest BCUT2D eigenvalue weighted by Crippen LogP contribution is -2.49. The molecule has 1 saturated heterocycles. The first-order chi connectivity index (χ1) is 8.61. The van der Waals surface area contributed by atoms with Crippen molar-refractivity contribution < 1.29 is 9.53 Å². The van der Waals surface area contributed by atoms with Gasteiger partial charge in [0.25, 0.3) is 0 Å². The van der Waals surface area contributed by atoms with Gasteiger partial charge in [-0.25, -0.2) is 4.79 Å². The monoisotopic (exact) mass is 249 g/mol. The van der Waals surface area contributed by atoms with Crippen LogP contribution in [0, 0.1) is 0 Å². The van der Waals surface area contributed by atoms with E-state index in [1.54, 1.807) is 13.2 Å². The molecular weight excluding hydrogens is 230 g/mol. The second kappa shape index (κ2) is 5.27. The molecule has 0 aliphatic carbocycles. The molecule has 1 aliphatic rings. The summed E-state index contributed by atoms with van der Waals surface area (Å²) in [4.78, 5) is 11.9. The van der Waals surface area contributed by atoms with Crippen molar-refractivity contribution in [3.05, 3.63) is 24.3 Å². The minimum atomic E-state index is -0.186. The third-order valence-electron chi connectivity index (χ3n) is 3.11. The molecule has 18 heavy (non-hydrogen) atoms. The molecule has 0 aromatic heterocycles. The highest BCUT2D eigenvalue weighted by atomic mass is 16.5. The number of carbonyl (C=O) groups excluding carboxylic acids is 1. The Hall–Kier alpha value is -1.75. The number of methoxy groups -OCH3 is 1. The van der Waals surface area contributed by atoms with E-state index in [0.717, 1.165) is 30.9 Å². The molecule has 5 nitrogen and oxygen atoms in total. The average molecular weight is 249 g/mol. The van der Waals surface area contributed by atoms with Gasteiger partial charge in [0, 0.05) is 18.3 Å². The number of nitrogens with one attached hydrogen (secondary N) is 3. The fourth-order valence-electron chi connectivity index (χ4n) is 2.06. The number of anilines is 1. The van der Waals surface area contributed by atoms with Crippen LogP contribution in [0.15, 0.2) is 24.3 Å². The number of urea groups is 1. The molecule has 1 unspecified atom stereocenters. The highest BCUT2D eigenvalue weighted by Gasteiger charge is 2.29. The summed E-state index contributed by atoms with van der Waals surface area (Å²) in [6, 6.07) is 7.11. The van der Waals surface area contributed by atoms with Gasteiger partial charge >= 0.3 is 6.03 Å². The second-order valence-corrected chi connectivity index (χ2v) is 4.80. The Morgan fingerprint density at radius 1 is 1.50 bits per heavy atom. The molecule has 5 heteroatoms. The van der Waals surface area contributed by atoms with Crippen LogP contribution in [-0.2, 0) is 0 Å². The maximum Gasteiger partial charge on any atom is 0.319 e. The maximum absolute atomic E-state index is 11.9. The van der Waals surface area contributed by atoms with Gasteiger partial charge in [0.1, 0.15) is 5.75 Å². The van der Waals surface area contributed by atoms with E-state index in [-0.39, 0.29) is 11.6 Å².